The monoisotopic (exact) mass is 336 g/mol. The van der Waals surface area contributed by atoms with Crippen LogP contribution in [-0.2, 0) is 0 Å². The maximum absolute atomic E-state index is 5.93. The Labute approximate surface area is 143 Å². The molecule has 0 atom stereocenters. The summed E-state index contributed by atoms with van der Waals surface area (Å²) in [6.45, 7) is 2.04. The van der Waals surface area contributed by atoms with E-state index in [1.54, 1.807) is 15.6 Å². The highest BCUT2D eigenvalue weighted by molar-refractivity contribution is 6.30. The van der Waals surface area contributed by atoms with E-state index in [4.69, 9.17) is 11.6 Å². The first-order chi connectivity index (χ1) is 11.7. The maximum atomic E-state index is 5.93. The molecule has 118 valence electrons. The van der Waals surface area contributed by atoms with E-state index in [1.165, 1.54) is 5.56 Å². The van der Waals surface area contributed by atoms with E-state index in [9.17, 15) is 0 Å². The minimum atomic E-state index is 0.638. The van der Waals surface area contributed by atoms with Crippen LogP contribution in [0.25, 0.3) is 22.8 Å². The Morgan fingerprint density at radius 2 is 1.62 bits per heavy atom. The molecule has 0 spiro atoms. The van der Waals surface area contributed by atoms with Crippen LogP contribution < -0.4 is 0 Å². The number of benzene rings is 2. The zero-order chi connectivity index (χ0) is 16.5. The van der Waals surface area contributed by atoms with Gasteiger partial charge in [0.15, 0.2) is 5.82 Å². The maximum Gasteiger partial charge on any atom is 0.190 e. The Morgan fingerprint density at radius 3 is 2.38 bits per heavy atom. The molecule has 0 N–H and O–H groups in total. The largest absolute Gasteiger partial charge is 0.240 e. The predicted octanol–water partition coefficient (Wildman–Crippen LogP) is 3.48. The van der Waals surface area contributed by atoms with Crippen LogP contribution in [0.3, 0.4) is 0 Å². The van der Waals surface area contributed by atoms with Gasteiger partial charge in [0.1, 0.15) is 0 Å². The number of nitrogens with zero attached hydrogens (tertiary/aromatic N) is 6. The van der Waals surface area contributed by atoms with Gasteiger partial charge in [-0.2, -0.15) is 9.78 Å². The summed E-state index contributed by atoms with van der Waals surface area (Å²) in [6.07, 6.45) is 3.63. The van der Waals surface area contributed by atoms with Gasteiger partial charge < -0.3 is 0 Å². The molecule has 0 unspecified atom stereocenters. The highest BCUT2D eigenvalue weighted by Gasteiger charge is 2.13. The lowest BCUT2D eigenvalue weighted by Gasteiger charge is -2.03. The fraction of sp³-hybridized carbons (Fsp3) is 0.0588. The average Bonchev–Trinajstić information content (AvgIpc) is 3.25. The number of tetrazole rings is 1. The van der Waals surface area contributed by atoms with Crippen molar-refractivity contribution in [1.82, 2.24) is 30.0 Å². The standard InChI is InChI=1S/C17H13ClN6/c1-12-2-6-16(7-3-12)24-17(20-21-22-24)13-10-19-23(11-13)15-8-4-14(18)5-9-15/h2-11H,1H3. The van der Waals surface area contributed by atoms with Crippen molar-refractivity contribution in [2.75, 3.05) is 0 Å². The summed E-state index contributed by atoms with van der Waals surface area (Å²) in [4.78, 5) is 0. The summed E-state index contributed by atoms with van der Waals surface area (Å²) in [5, 5.41) is 17.1. The number of hydrogen-bond acceptors (Lipinski definition) is 4. The summed E-state index contributed by atoms with van der Waals surface area (Å²) >= 11 is 5.93. The Balaban J connectivity index is 1.72. The van der Waals surface area contributed by atoms with Crippen LogP contribution in [0.5, 0.6) is 0 Å². The van der Waals surface area contributed by atoms with Gasteiger partial charge in [0.05, 0.1) is 23.1 Å². The Morgan fingerprint density at radius 1 is 0.917 bits per heavy atom. The Bertz CT molecular complexity index is 969. The van der Waals surface area contributed by atoms with Crippen LogP contribution in [0.1, 0.15) is 5.56 Å². The molecule has 0 bridgehead atoms. The number of aryl methyl sites for hydroxylation is 1. The third kappa shape index (κ3) is 2.68. The van der Waals surface area contributed by atoms with Crippen molar-refractivity contribution in [3.63, 3.8) is 0 Å². The molecule has 0 aliphatic heterocycles. The van der Waals surface area contributed by atoms with Crippen molar-refractivity contribution >= 4 is 11.6 Å². The lowest BCUT2D eigenvalue weighted by molar-refractivity contribution is 0.791. The lowest BCUT2D eigenvalue weighted by atomic mass is 10.2. The molecular weight excluding hydrogens is 324 g/mol. The minimum Gasteiger partial charge on any atom is -0.240 e. The number of hydrogen-bond donors (Lipinski definition) is 0. The summed E-state index contributed by atoms with van der Waals surface area (Å²) in [5.74, 6) is 0.638. The predicted molar refractivity (Wildman–Crippen MR) is 91.5 cm³/mol. The lowest BCUT2D eigenvalue weighted by Crippen LogP contribution is -1.99. The van der Waals surface area contributed by atoms with Gasteiger partial charge in [-0.3, -0.25) is 0 Å². The van der Waals surface area contributed by atoms with E-state index in [0.717, 1.165) is 16.9 Å². The van der Waals surface area contributed by atoms with Crippen molar-refractivity contribution in [3.05, 3.63) is 71.5 Å². The van der Waals surface area contributed by atoms with E-state index in [0.29, 0.717) is 10.8 Å². The molecule has 4 rings (SSSR count). The van der Waals surface area contributed by atoms with Crippen LogP contribution in [-0.4, -0.2) is 30.0 Å². The molecule has 2 heterocycles. The second-order valence-electron chi connectivity index (χ2n) is 5.40. The molecule has 0 fully saturated rings. The zero-order valence-electron chi connectivity index (χ0n) is 12.8. The molecule has 6 nitrogen and oxygen atoms in total. The molecular formula is C17H13ClN6. The van der Waals surface area contributed by atoms with Gasteiger partial charge in [-0.15, -0.1) is 5.10 Å². The van der Waals surface area contributed by atoms with E-state index < -0.39 is 0 Å². The quantitative estimate of drug-likeness (QED) is 0.574. The highest BCUT2D eigenvalue weighted by Crippen LogP contribution is 2.21. The molecule has 2 aromatic carbocycles. The average molecular weight is 337 g/mol. The minimum absolute atomic E-state index is 0.638. The van der Waals surface area contributed by atoms with Gasteiger partial charge in [0.2, 0.25) is 0 Å². The SMILES string of the molecule is Cc1ccc(-n2nnnc2-c2cnn(-c3ccc(Cl)cc3)c2)cc1. The fourth-order valence-electron chi connectivity index (χ4n) is 2.40. The number of aromatic nitrogens is 6. The highest BCUT2D eigenvalue weighted by atomic mass is 35.5. The second-order valence-corrected chi connectivity index (χ2v) is 5.84. The summed E-state index contributed by atoms with van der Waals surface area (Å²) < 4.78 is 3.46. The normalized spacial score (nSPS) is 10.9. The van der Waals surface area contributed by atoms with Crippen LogP contribution in [0.4, 0.5) is 0 Å². The summed E-state index contributed by atoms with van der Waals surface area (Å²) in [5.41, 5.74) is 3.83. The molecule has 0 saturated heterocycles. The number of halogens is 1. The van der Waals surface area contributed by atoms with E-state index in [1.807, 2.05) is 61.7 Å². The van der Waals surface area contributed by atoms with E-state index >= 15 is 0 Å². The molecule has 0 aliphatic carbocycles. The topological polar surface area (TPSA) is 61.4 Å². The molecule has 4 aromatic rings. The van der Waals surface area contributed by atoms with Gasteiger partial charge >= 0.3 is 0 Å². The summed E-state index contributed by atoms with van der Waals surface area (Å²) in [7, 11) is 0. The van der Waals surface area contributed by atoms with Crippen LogP contribution in [0.15, 0.2) is 60.9 Å². The van der Waals surface area contributed by atoms with Gasteiger partial charge in [0, 0.05) is 11.2 Å². The molecule has 7 heteroatoms. The van der Waals surface area contributed by atoms with Gasteiger partial charge in [-0.05, 0) is 53.7 Å². The third-order valence-corrected chi connectivity index (χ3v) is 3.93. The Kier molecular flexibility index (Phi) is 3.59. The molecule has 0 radical (unpaired) electrons. The fourth-order valence-corrected chi connectivity index (χ4v) is 2.53. The molecule has 0 aliphatic rings. The second kappa shape index (κ2) is 5.90. The zero-order valence-corrected chi connectivity index (χ0v) is 13.6. The first-order valence-corrected chi connectivity index (χ1v) is 7.75. The molecule has 0 saturated carbocycles. The van der Waals surface area contributed by atoms with Crippen LogP contribution >= 0.6 is 11.6 Å². The molecule has 24 heavy (non-hydrogen) atoms. The van der Waals surface area contributed by atoms with Crippen molar-refractivity contribution in [2.45, 2.75) is 6.92 Å². The smallest absolute Gasteiger partial charge is 0.190 e. The van der Waals surface area contributed by atoms with Crippen LogP contribution in [0.2, 0.25) is 5.02 Å². The van der Waals surface area contributed by atoms with E-state index in [2.05, 4.69) is 20.6 Å². The van der Waals surface area contributed by atoms with E-state index in [-0.39, 0.29) is 0 Å². The van der Waals surface area contributed by atoms with Gasteiger partial charge in [0.25, 0.3) is 0 Å². The summed E-state index contributed by atoms with van der Waals surface area (Å²) in [6, 6.07) is 15.5. The van der Waals surface area contributed by atoms with Crippen molar-refractivity contribution in [2.24, 2.45) is 0 Å². The third-order valence-electron chi connectivity index (χ3n) is 3.68. The van der Waals surface area contributed by atoms with Gasteiger partial charge in [-0.1, -0.05) is 29.3 Å². The molecule has 2 aromatic heterocycles. The first kappa shape index (κ1) is 14.6. The number of rotatable bonds is 3. The Hall–Kier alpha value is -2.99. The first-order valence-electron chi connectivity index (χ1n) is 7.37. The van der Waals surface area contributed by atoms with Gasteiger partial charge in [-0.25, -0.2) is 4.68 Å². The molecule has 0 amide bonds. The van der Waals surface area contributed by atoms with Crippen molar-refractivity contribution in [3.8, 4) is 22.8 Å². The van der Waals surface area contributed by atoms with Crippen LogP contribution in [0, 0.1) is 6.92 Å². The van der Waals surface area contributed by atoms with Crippen molar-refractivity contribution < 1.29 is 0 Å². The van der Waals surface area contributed by atoms with Crippen molar-refractivity contribution in [1.29, 1.82) is 0 Å².